The quantitative estimate of drug-likeness (QED) is 0.877. The SMILES string of the molecule is Cc1nc(C2(C)CCCCO2)[nH]c(=O)c1C(C)C. The molecule has 100 valence electrons. The van der Waals surface area contributed by atoms with Gasteiger partial charge in [0.15, 0.2) is 0 Å². The van der Waals surface area contributed by atoms with Crippen LogP contribution in [0.3, 0.4) is 0 Å². The Bertz CT molecular complexity index is 485. The molecule has 1 atom stereocenters. The second-order valence-electron chi connectivity index (χ2n) is 5.60. The van der Waals surface area contributed by atoms with E-state index in [0.717, 1.165) is 37.1 Å². The minimum Gasteiger partial charge on any atom is -0.367 e. The molecule has 1 aliphatic rings. The fraction of sp³-hybridized carbons (Fsp3) is 0.714. The van der Waals surface area contributed by atoms with Gasteiger partial charge in [0, 0.05) is 17.9 Å². The van der Waals surface area contributed by atoms with Crippen LogP contribution in [0.25, 0.3) is 0 Å². The molecule has 1 N–H and O–H groups in total. The zero-order chi connectivity index (χ0) is 13.3. The highest BCUT2D eigenvalue weighted by Crippen LogP contribution is 2.32. The molecule has 0 radical (unpaired) electrons. The Morgan fingerprint density at radius 3 is 2.61 bits per heavy atom. The highest BCUT2D eigenvalue weighted by molar-refractivity contribution is 5.21. The van der Waals surface area contributed by atoms with E-state index in [9.17, 15) is 4.79 Å². The van der Waals surface area contributed by atoms with E-state index in [2.05, 4.69) is 9.97 Å². The van der Waals surface area contributed by atoms with Crippen LogP contribution >= 0.6 is 0 Å². The molecule has 2 heterocycles. The third-order valence-corrected chi connectivity index (χ3v) is 3.69. The van der Waals surface area contributed by atoms with Crippen molar-refractivity contribution in [1.82, 2.24) is 9.97 Å². The Balaban J connectivity index is 2.44. The number of aromatic amines is 1. The minimum absolute atomic E-state index is 0.0251. The molecule has 0 spiro atoms. The topological polar surface area (TPSA) is 55.0 Å². The summed E-state index contributed by atoms with van der Waals surface area (Å²) in [5.74, 6) is 0.865. The molecule has 0 amide bonds. The van der Waals surface area contributed by atoms with Gasteiger partial charge < -0.3 is 9.72 Å². The van der Waals surface area contributed by atoms with Gasteiger partial charge in [0.2, 0.25) is 0 Å². The van der Waals surface area contributed by atoms with Crippen molar-refractivity contribution in [3.63, 3.8) is 0 Å². The first-order chi connectivity index (χ1) is 8.44. The molecule has 0 aromatic carbocycles. The predicted octanol–water partition coefficient (Wildman–Crippen LogP) is 2.62. The average molecular weight is 250 g/mol. The summed E-state index contributed by atoms with van der Waals surface area (Å²) in [7, 11) is 0. The number of rotatable bonds is 2. The molecule has 1 aromatic heterocycles. The van der Waals surface area contributed by atoms with Crippen molar-refractivity contribution in [2.45, 2.75) is 58.5 Å². The van der Waals surface area contributed by atoms with Crippen molar-refractivity contribution < 1.29 is 4.74 Å². The Hall–Kier alpha value is -1.16. The fourth-order valence-corrected chi connectivity index (χ4v) is 2.65. The zero-order valence-electron chi connectivity index (χ0n) is 11.7. The van der Waals surface area contributed by atoms with E-state index in [1.807, 2.05) is 27.7 Å². The van der Waals surface area contributed by atoms with Crippen LogP contribution in [0.2, 0.25) is 0 Å². The highest BCUT2D eigenvalue weighted by Gasteiger charge is 2.33. The lowest BCUT2D eigenvalue weighted by Gasteiger charge is -2.33. The largest absolute Gasteiger partial charge is 0.367 e. The van der Waals surface area contributed by atoms with Crippen molar-refractivity contribution in [2.75, 3.05) is 6.61 Å². The lowest BCUT2D eigenvalue weighted by molar-refractivity contribution is -0.0763. The number of nitrogens with zero attached hydrogens (tertiary/aromatic N) is 1. The first-order valence-electron chi connectivity index (χ1n) is 6.69. The second kappa shape index (κ2) is 4.84. The number of hydrogen-bond acceptors (Lipinski definition) is 3. The van der Waals surface area contributed by atoms with Crippen molar-refractivity contribution in [1.29, 1.82) is 0 Å². The maximum absolute atomic E-state index is 12.1. The van der Waals surface area contributed by atoms with Crippen LogP contribution in [0.4, 0.5) is 0 Å². The number of nitrogens with one attached hydrogen (secondary N) is 1. The van der Waals surface area contributed by atoms with E-state index in [1.165, 1.54) is 0 Å². The minimum atomic E-state index is -0.433. The summed E-state index contributed by atoms with van der Waals surface area (Å²) in [6, 6.07) is 0. The molecular weight excluding hydrogens is 228 g/mol. The van der Waals surface area contributed by atoms with Gasteiger partial charge in [-0.05, 0) is 39.0 Å². The monoisotopic (exact) mass is 250 g/mol. The molecule has 4 heteroatoms. The van der Waals surface area contributed by atoms with E-state index in [-0.39, 0.29) is 11.5 Å². The third-order valence-electron chi connectivity index (χ3n) is 3.69. The lowest BCUT2D eigenvalue weighted by Crippen LogP contribution is -2.35. The van der Waals surface area contributed by atoms with Gasteiger partial charge in [-0.15, -0.1) is 0 Å². The summed E-state index contributed by atoms with van der Waals surface area (Å²) in [4.78, 5) is 19.6. The number of aryl methyl sites for hydroxylation is 1. The Morgan fingerprint density at radius 2 is 2.11 bits per heavy atom. The van der Waals surface area contributed by atoms with Crippen LogP contribution in [0.15, 0.2) is 4.79 Å². The normalized spacial score (nSPS) is 24.5. The van der Waals surface area contributed by atoms with Crippen molar-refractivity contribution in [3.8, 4) is 0 Å². The highest BCUT2D eigenvalue weighted by atomic mass is 16.5. The smallest absolute Gasteiger partial charge is 0.254 e. The molecule has 1 aromatic rings. The van der Waals surface area contributed by atoms with E-state index < -0.39 is 5.60 Å². The Morgan fingerprint density at radius 1 is 1.39 bits per heavy atom. The van der Waals surface area contributed by atoms with E-state index in [1.54, 1.807) is 0 Å². The van der Waals surface area contributed by atoms with Gasteiger partial charge in [0.05, 0.1) is 0 Å². The van der Waals surface area contributed by atoms with Gasteiger partial charge in [-0.2, -0.15) is 0 Å². The predicted molar refractivity (Wildman–Crippen MR) is 70.8 cm³/mol. The van der Waals surface area contributed by atoms with Crippen molar-refractivity contribution in [2.24, 2.45) is 0 Å². The number of H-pyrrole nitrogens is 1. The average Bonchev–Trinajstić information content (AvgIpc) is 2.28. The van der Waals surface area contributed by atoms with Crippen LogP contribution in [-0.4, -0.2) is 16.6 Å². The van der Waals surface area contributed by atoms with E-state index >= 15 is 0 Å². The summed E-state index contributed by atoms with van der Waals surface area (Å²) in [5.41, 5.74) is 1.14. The summed E-state index contributed by atoms with van der Waals surface area (Å²) < 4.78 is 5.83. The Kier molecular flexibility index (Phi) is 3.57. The van der Waals surface area contributed by atoms with Crippen molar-refractivity contribution >= 4 is 0 Å². The molecule has 1 aliphatic heterocycles. The van der Waals surface area contributed by atoms with E-state index in [0.29, 0.717) is 5.82 Å². The number of aromatic nitrogens is 2. The van der Waals surface area contributed by atoms with Gasteiger partial charge in [-0.1, -0.05) is 13.8 Å². The summed E-state index contributed by atoms with van der Waals surface area (Å²) in [6.07, 6.45) is 3.12. The summed E-state index contributed by atoms with van der Waals surface area (Å²) >= 11 is 0. The molecule has 0 aliphatic carbocycles. The van der Waals surface area contributed by atoms with Crippen LogP contribution < -0.4 is 5.56 Å². The van der Waals surface area contributed by atoms with Gasteiger partial charge in [-0.3, -0.25) is 4.79 Å². The van der Waals surface area contributed by atoms with Gasteiger partial charge >= 0.3 is 0 Å². The maximum atomic E-state index is 12.1. The molecule has 4 nitrogen and oxygen atoms in total. The van der Waals surface area contributed by atoms with Crippen LogP contribution in [0, 0.1) is 6.92 Å². The summed E-state index contributed by atoms with van der Waals surface area (Å²) in [6.45, 7) is 8.68. The Labute approximate surface area is 108 Å². The molecule has 2 rings (SSSR count). The number of ether oxygens (including phenoxy) is 1. The van der Waals surface area contributed by atoms with Gasteiger partial charge in [0.1, 0.15) is 11.4 Å². The standard InChI is InChI=1S/C14H22N2O2/c1-9(2)11-10(3)15-13(16-12(11)17)14(4)7-5-6-8-18-14/h9H,5-8H2,1-4H3,(H,15,16,17). The van der Waals surface area contributed by atoms with E-state index in [4.69, 9.17) is 4.74 Å². The molecule has 0 saturated carbocycles. The number of hydrogen-bond donors (Lipinski definition) is 1. The van der Waals surface area contributed by atoms with Crippen LogP contribution in [0.1, 0.15) is 63.0 Å². The molecule has 0 bridgehead atoms. The molecule has 1 fully saturated rings. The second-order valence-corrected chi connectivity index (χ2v) is 5.60. The molecule has 1 saturated heterocycles. The molecule has 18 heavy (non-hydrogen) atoms. The zero-order valence-corrected chi connectivity index (χ0v) is 11.7. The van der Waals surface area contributed by atoms with Crippen LogP contribution in [-0.2, 0) is 10.3 Å². The fourth-order valence-electron chi connectivity index (χ4n) is 2.65. The van der Waals surface area contributed by atoms with Gasteiger partial charge in [0.25, 0.3) is 5.56 Å². The third kappa shape index (κ3) is 2.34. The van der Waals surface area contributed by atoms with Gasteiger partial charge in [-0.25, -0.2) is 4.98 Å². The lowest BCUT2D eigenvalue weighted by atomic mass is 9.94. The molecular formula is C14H22N2O2. The molecule has 1 unspecified atom stereocenters. The first kappa shape index (κ1) is 13.3. The van der Waals surface area contributed by atoms with Crippen molar-refractivity contribution in [3.05, 3.63) is 27.4 Å². The van der Waals surface area contributed by atoms with Crippen LogP contribution in [0.5, 0.6) is 0 Å². The maximum Gasteiger partial charge on any atom is 0.254 e. The summed E-state index contributed by atoms with van der Waals surface area (Å²) in [5, 5.41) is 0. The first-order valence-corrected chi connectivity index (χ1v) is 6.69.